The molecule has 24 heavy (non-hydrogen) atoms. The molecule has 1 aliphatic heterocycles. The maximum atomic E-state index is 6.15. The van der Waals surface area contributed by atoms with Crippen molar-refractivity contribution in [3.63, 3.8) is 0 Å². The normalized spacial score (nSPS) is 20.7. The Morgan fingerprint density at radius 2 is 1.71 bits per heavy atom. The Morgan fingerprint density at radius 1 is 1.08 bits per heavy atom. The molecule has 1 aromatic rings. The lowest BCUT2D eigenvalue weighted by Crippen LogP contribution is -2.53. The van der Waals surface area contributed by atoms with Crippen LogP contribution in [0.1, 0.15) is 25.5 Å². The van der Waals surface area contributed by atoms with Crippen LogP contribution in [0.4, 0.5) is 0 Å². The molecule has 0 spiro atoms. The van der Waals surface area contributed by atoms with Crippen molar-refractivity contribution in [3.05, 3.63) is 17.7 Å². The zero-order chi connectivity index (χ0) is 17.7. The van der Waals surface area contributed by atoms with Crippen molar-refractivity contribution in [1.29, 1.82) is 0 Å². The van der Waals surface area contributed by atoms with Crippen molar-refractivity contribution in [3.8, 4) is 17.2 Å². The van der Waals surface area contributed by atoms with Crippen LogP contribution in [0.2, 0.25) is 0 Å². The third-order valence-corrected chi connectivity index (χ3v) is 4.96. The van der Waals surface area contributed by atoms with Crippen LogP contribution in [-0.4, -0.2) is 69.9 Å². The summed E-state index contributed by atoms with van der Waals surface area (Å²) < 4.78 is 16.4. The summed E-state index contributed by atoms with van der Waals surface area (Å²) in [5.74, 6) is 2.15. The molecule has 136 valence electrons. The van der Waals surface area contributed by atoms with Crippen molar-refractivity contribution in [2.24, 2.45) is 5.73 Å². The Balaban J connectivity index is 2.33. The molecule has 1 fully saturated rings. The molecule has 1 aliphatic rings. The summed E-state index contributed by atoms with van der Waals surface area (Å²) >= 11 is 0. The minimum Gasteiger partial charge on any atom is -0.496 e. The fourth-order valence-electron chi connectivity index (χ4n) is 3.56. The van der Waals surface area contributed by atoms with Gasteiger partial charge in [-0.2, -0.15) is 0 Å². The molecule has 6 heteroatoms. The Bertz CT molecular complexity index is 538. The number of nitrogens with two attached hydrogens (primary N) is 1. The Labute approximate surface area is 145 Å². The average Bonchev–Trinajstić information content (AvgIpc) is 2.61. The maximum Gasteiger partial charge on any atom is 0.164 e. The van der Waals surface area contributed by atoms with Gasteiger partial charge in [-0.15, -0.1) is 0 Å². The van der Waals surface area contributed by atoms with Gasteiger partial charge in [-0.05, 0) is 19.5 Å². The molecule has 1 saturated heterocycles. The summed E-state index contributed by atoms with van der Waals surface area (Å²) in [5.41, 5.74) is 7.20. The molecule has 2 unspecified atom stereocenters. The van der Waals surface area contributed by atoms with Crippen LogP contribution in [0.25, 0.3) is 0 Å². The zero-order valence-corrected chi connectivity index (χ0v) is 15.5. The van der Waals surface area contributed by atoms with E-state index in [2.05, 4.69) is 23.6 Å². The lowest BCUT2D eigenvalue weighted by Gasteiger charge is -2.43. The van der Waals surface area contributed by atoms with Gasteiger partial charge >= 0.3 is 0 Å². The number of methoxy groups -OCH3 is 3. The quantitative estimate of drug-likeness (QED) is 0.818. The molecule has 0 bridgehead atoms. The lowest BCUT2D eigenvalue weighted by atomic mass is 10.0. The van der Waals surface area contributed by atoms with Crippen LogP contribution in [0.5, 0.6) is 17.2 Å². The molecular weight excluding hydrogens is 306 g/mol. The predicted octanol–water partition coefficient (Wildman–Crippen LogP) is 1.74. The average molecular weight is 337 g/mol. The number of hydrogen-bond acceptors (Lipinski definition) is 6. The summed E-state index contributed by atoms with van der Waals surface area (Å²) in [7, 11) is 4.95. The summed E-state index contributed by atoms with van der Waals surface area (Å²) in [6.45, 7) is 9.15. The number of likely N-dealkylation sites (N-methyl/N-ethyl adjacent to an activating group) is 1. The fourth-order valence-corrected chi connectivity index (χ4v) is 3.56. The number of benzene rings is 1. The summed E-state index contributed by atoms with van der Waals surface area (Å²) in [4.78, 5) is 4.94. The molecule has 0 aromatic heterocycles. The van der Waals surface area contributed by atoms with E-state index in [0.29, 0.717) is 24.1 Å². The molecule has 0 aliphatic carbocycles. The molecule has 0 saturated carbocycles. The smallest absolute Gasteiger partial charge is 0.164 e. The Morgan fingerprint density at radius 3 is 2.21 bits per heavy atom. The number of nitrogens with zero attached hydrogens (tertiary/aromatic N) is 2. The van der Waals surface area contributed by atoms with E-state index in [1.54, 1.807) is 21.3 Å². The van der Waals surface area contributed by atoms with Crippen molar-refractivity contribution in [2.75, 3.05) is 54.1 Å². The van der Waals surface area contributed by atoms with Gasteiger partial charge in [0.2, 0.25) is 0 Å². The summed E-state index contributed by atoms with van der Waals surface area (Å²) in [6.07, 6.45) is 0. The van der Waals surface area contributed by atoms with Crippen LogP contribution >= 0.6 is 0 Å². The lowest BCUT2D eigenvalue weighted by molar-refractivity contribution is 0.0598. The Hall–Kier alpha value is -1.50. The van der Waals surface area contributed by atoms with Crippen molar-refractivity contribution in [1.82, 2.24) is 9.80 Å². The van der Waals surface area contributed by atoms with Gasteiger partial charge in [0.25, 0.3) is 0 Å². The second kappa shape index (κ2) is 8.55. The van der Waals surface area contributed by atoms with Crippen LogP contribution in [0.3, 0.4) is 0 Å². The van der Waals surface area contributed by atoms with Crippen molar-refractivity contribution < 1.29 is 14.2 Å². The number of piperazine rings is 1. The van der Waals surface area contributed by atoms with Crippen LogP contribution in [0.15, 0.2) is 12.1 Å². The maximum absolute atomic E-state index is 6.15. The van der Waals surface area contributed by atoms with E-state index in [1.165, 1.54) is 0 Å². The van der Waals surface area contributed by atoms with Gasteiger partial charge in [-0.3, -0.25) is 9.80 Å². The van der Waals surface area contributed by atoms with E-state index in [-0.39, 0.29) is 6.04 Å². The van der Waals surface area contributed by atoms with Gasteiger partial charge in [0.1, 0.15) is 5.75 Å². The standard InChI is InChI=1S/C18H31N3O3/c1-6-20-7-8-21(12-13(20)2)15(11-19)14-9-17(23-4)18(24-5)10-16(14)22-3/h9-10,13,15H,6-8,11-12,19H2,1-5H3. The van der Waals surface area contributed by atoms with E-state index < -0.39 is 0 Å². The first kappa shape index (κ1) is 18.8. The Kier molecular flexibility index (Phi) is 6.71. The van der Waals surface area contributed by atoms with Crippen molar-refractivity contribution >= 4 is 0 Å². The highest BCUT2D eigenvalue weighted by atomic mass is 16.5. The molecule has 0 radical (unpaired) electrons. The van der Waals surface area contributed by atoms with Gasteiger partial charge in [-0.1, -0.05) is 6.92 Å². The van der Waals surface area contributed by atoms with E-state index in [1.807, 2.05) is 12.1 Å². The molecule has 1 heterocycles. The van der Waals surface area contributed by atoms with Gasteiger partial charge in [-0.25, -0.2) is 0 Å². The van der Waals surface area contributed by atoms with Gasteiger partial charge in [0.05, 0.1) is 27.4 Å². The van der Waals surface area contributed by atoms with E-state index in [0.717, 1.165) is 37.5 Å². The highest BCUT2D eigenvalue weighted by Gasteiger charge is 2.30. The van der Waals surface area contributed by atoms with Crippen LogP contribution in [0, 0.1) is 0 Å². The van der Waals surface area contributed by atoms with E-state index >= 15 is 0 Å². The highest BCUT2D eigenvalue weighted by Crippen LogP contribution is 2.39. The van der Waals surface area contributed by atoms with Crippen LogP contribution < -0.4 is 19.9 Å². The first-order chi connectivity index (χ1) is 11.6. The molecular formula is C18H31N3O3. The topological polar surface area (TPSA) is 60.2 Å². The second-order valence-corrected chi connectivity index (χ2v) is 6.17. The van der Waals surface area contributed by atoms with E-state index in [9.17, 15) is 0 Å². The van der Waals surface area contributed by atoms with Gasteiger partial charge in [0.15, 0.2) is 11.5 Å². The number of rotatable bonds is 7. The molecule has 2 N–H and O–H groups in total. The molecule has 6 nitrogen and oxygen atoms in total. The molecule has 1 aromatic carbocycles. The first-order valence-corrected chi connectivity index (χ1v) is 8.57. The number of ether oxygens (including phenoxy) is 3. The first-order valence-electron chi connectivity index (χ1n) is 8.57. The third kappa shape index (κ3) is 3.77. The van der Waals surface area contributed by atoms with Crippen molar-refractivity contribution in [2.45, 2.75) is 25.9 Å². The largest absolute Gasteiger partial charge is 0.496 e. The zero-order valence-electron chi connectivity index (χ0n) is 15.5. The van der Waals surface area contributed by atoms with Gasteiger partial charge < -0.3 is 19.9 Å². The minimum absolute atomic E-state index is 0.0983. The minimum atomic E-state index is 0.0983. The van der Waals surface area contributed by atoms with Crippen LogP contribution in [-0.2, 0) is 0 Å². The highest BCUT2D eigenvalue weighted by molar-refractivity contribution is 5.52. The third-order valence-electron chi connectivity index (χ3n) is 4.96. The predicted molar refractivity (Wildman–Crippen MR) is 96.2 cm³/mol. The number of hydrogen-bond donors (Lipinski definition) is 1. The van der Waals surface area contributed by atoms with Gasteiger partial charge in [0, 0.05) is 43.9 Å². The molecule has 2 rings (SSSR count). The molecule has 0 amide bonds. The fraction of sp³-hybridized carbons (Fsp3) is 0.667. The van der Waals surface area contributed by atoms with E-state index in [4.69, 9.17) is 19.9 Å². The second-order valence-electron chi connectivity index (χ2n) is 6.17. The molecule has 2 atom stereocenters. The summed E-state index contributed by atoms with van der Waals surface area (Å²) in [5, 5.41) is 0. The summed E-state index contributed by atoms with van der Waals surface area (Å²) in [6, 6.07) is 4.49. The monoisotopic (exact) mass is 337 g/mol. The SMILES string of the molecule is CCN1CCN(C(CN)c2cc(OC)c(OC)cc2OC)CC1C.